The highest BCUT2D eigenvalue weighted by molar-refractivity contribution is 5.88. The predicted molar refractivity (Wildman–Crippen MR) is 73.3 cm³/mol. The molecule has 0 spiro atoms. The number of benzene rings is 1. The molecule has 98 valence electrons. The van der Waals surface area contributed by atoms with Crippen LogP contribution in [-0.4, -0.2) is 24.2 Å². The molecule has 1 aliphatic rings. The van der Waals surface area contributed by atoms with Crippen LogP contribution < -0.4 is 4.90 Å². The Morgan fingerprint density at radius 2 is 1.67 bits per heavy atom. The lowest BCUT2D eigenvalue weighted by Gasteiger charge is -2.29. The number of carboxylic acid groups (broad SMARTS) is 1. The van der Waals surface area contributed by atoms with Crippen molar-refractivity contribution in [3.63, 3.8) is 0 Å². The fraction of sp³-hybridized carbons (Fsp3) is 0.533. The predicted octanol–water partition coefficient (Wildman–Crippen LogP) is 3.54. The average Bonchev–Trinajstić information content (AvgIpc) is 2.67. The van der Waals surface area contributed by atoms with Gasteiger partial charge in [-0.05, 0) is 37.1 Å². The molecule has 3 nitrogen and oxygen atoms in total. The molecule has 0 unspecified atom stereocenters. The van der Waals surface area contributed by atoms with Crippen LogP contribution >= 0.6 is 0 Å². The maximum atomic E-state index is 10.8. The van der Waals surface area contributed by atoms with Gasteiger partial charge in [-0.2, -0.15) is 0 Å². The molecule has 18 heavy (non-hydrogen) atoms. The second kappa shape index (κ2) is 5.89. The number of hydrogen-bond acceptors (Lipinski definition) is 2. The van der Waals surface area contributed by atoms with Crippen molar-refractivity contribution in [2.75, 3.05) is 11.9 Å². The van der Waals surface area contributed by atoms with E-state index in [1.807, 2.05) is 12.1 Å². The minimum absolute atomic E-state index is 0.355. The summed E-state index contributed by atoms with van der Waals surface area (Å²) in [5, 5.41) is 8.89. The highest BCUT2D eigenvalue weighted by atomic mass is 16.4. The van der Waals surface area contributed by atoms with E-state index in [9.17, 15) is 4.79 Å². The lowest BCUT2D eigenvalue weighted by atomic mass is 10.1. The first kappa shape index (κ1) is 12.9. The summed E-state index contributed by atoms with van der Waals surface area (Å²) in [6.45, 7) is 0. The van der Waals surface area contributed by atoms with Crippen LogP contribution in [0.5, 0.6) is 0 Å². The quantitative estimate of drug-likeness (QED) is 0.830. The van der Waals surface area contributed by atoms with Crippen LogP contribution in [0.2, 0.25) is 0 Å². The Morgan fingerprint density at radius 3 is 2.17 bits per heavy atom. The molecule has 0 aromatic heterocycles. The summed E-state index contributed by atoms with van der Waals surface area (Å²) in [4.78, 5) is 13.1. The van der Waals surface area contributed by atoms with Gasteiger partial charge in [0.15, 0.2) is 0 Å². The van der Waals surface area contributed by atoms with Crippen molar-refractivity contribution in [3.8, 4) is 0 Å². The Labute approximate surface area is 108 Å². The van der Waals surface area contributed by atoms with Crippen molar-refractivity contribution >= 4 is 11.7 Å². The van der Waals surface area contributed by atoms with Gasteiger partial charge in [-0.1, -0.05) is 25.7 Å². The first-order valence-electron chi connectivity index (χ1n) is 6.74. The molecule has 1 aliphatic carbocycles. The lowest BCUT2D eigenvalue weighted by Crippen LogP contribution is -2.30. The molecule has 0 heterocycles. The van der Waals surface area contributed by atoms with Crippen molar-refractivity contribution in [1.82, 2.24) is 0 Å². The Morgan fingerprint density at radius 1 is 1.11 bits per heavy atom. The van der Waals surface area contributed by atoms with E-state index in [2.05, 4.69) is 11.9 Å². The molecule has 0 aliphatic heterocycles. The number of carbonyl (C=O) groups is 1. The van der Waals surface area contributed by atoms with Crippen molar-refractivity contribution in [1.29, 1.82) is 0 Å². The van der Waals surface area contributed by atoms with Gasteiger partial charge in [0, 0.05) is 18.8 Å². The molecule has 1 aromatic rings. The largest absolute Gasteiger partial charge is 0.478 e. The van der Waals surface area contributed by atoms with Gasteiger partial charge in [-0.3, -0.25) is 0 Å². The zero-order chi connectivity index (χ0) is 13.0. The molecule has 1 fully saturated rings. The smallest absolute Gasteiger partial charge is 0.335 e. The normalized spacial score (nSPS) is 17.2. The Kier molecular flexibility index (Phi) is 4.24. The van der Waals surface area contributed by atoms with Crippen LogP contribution in [0.4, 0.5) is 5.69 Å². The summed E-state index contributed by atoms with van der Waals surface area (Å²) in [5.41, 5.74) is 1.47. The molecular weight excluding hydrogens is 226 g/mol. The summed E-state index contributed by atoms with van der Waals surface area (Å²) in [6.07, 6.45) is 7.81. The van der Waals surface area contributed by atoms with Crippen LogP contribution in [0, 0.1) is 0 Å². The van der Waals surface area contributed by atoms with Gasteiger partial charge in [-0.15, -0.1) is 0 Å². The number of anilines is 1. The van der Waals surface area contributed by atoms with Gasteiger partial charge >= 0.3 is 5.97 Å². The zero-order valence-corrected chi connectivity index (χ0v) is 10.9. The Hall–Kier alpha value is -1.51. The van der Waals surface area contributed by atoms with Gasteiger partial charge in [0.1, 0.15) is 0 Å². The van der Waals surface area contributed by atoms with E-state index in [1.54, 1.807) is 12.1 Å². The standard InChI is InChI=1S/C15H21NO2/c1-16(13-6-4-2-3-5-7-13)14-10-8-12(9-11-14)15(17)18/h8-11,13H,2-7H2,1H3,(H,17,18). The second-order valence-corrected chi connectivity index (χ2v) is 5.11. The van der Waals surface area contributed by atoms with Crippen LogP contribution in [0.15, 0.2) is 24.3 Å². The van der Waals surface area contributed by atoms with Crippen LogP contribution in [0.1, 0.15) is 48.9 Å². The van der Waals surface area contributed by atoms with Crippen LogP contribution in [0.3, 0.4) is 0 Å². The summed E-state index contributed by atoms with van der Waals surface area (Å²) in [5.74, 6) is -0.862. The van der Waals surface area contributed by atoms with Crippen molar-refractivity contribution < 1.29 is 9.90 Å². The molecule has 1 saturated carbocycles. The highest BCUT2D eigenvalue weighted by Gasteiger charge is 2.17. The molecule has 0 atom stereocenters. The van der Waals surface area contributed by atoms with Crippen molar-refractivity contribution in [2.24, 2.45) is 0 Å². The zero-order valence-electron chi connectivity index (χ0n) is 10.9. The third kappa shape index (κ3) is 3.03. The monoisotopic (exact) mass is 247 g/mol. The minimum atomic E-state index is -0.862. The number of hydrogen-bond donors (Lipinski definition) is 1. The third-order valence-corrected chi connectivity index (χ3v) is 3.89. The average molecular weight is 247 g/mol. The van der Waals surface area contributed by atoms with Gasteiger partial charge in [0.05, 0.1) is 5.56 Å². The molecule has 0 saturated heterocycles. The summed E-state index contributed by atoms with van der Waals surface area (Å²) in [7, 11) is 2.12. The maximum absolute atomic E-state index is 10.8. The molecule has 0 amide bonds. The van der Waals surface area contributed by atoms with E-state index >= 15 is 0 Å². The first-order valence-corrected chi connectivity index (χ1v) is 6.74. The molecular formula is C15H21NO2. The Balaban J connectivity index is 2.07. The number of carboxylic acids is 1. The maximum Gasteiger partial charge on any atom is 0.335 e. The fourth-order valence-corrected chi connectivity index (χ4v) is 2.70. The topological polar surface area (TPSA) is 40.5 Å². The van der Waals surface area contributed by atoms with E-state index < -0.39 is 5.97 Å². The SMILES string of the molecule is CN(c1ccc(C(=O)O)cc1)C1CCCCCC1. The summed E-state index contributed by atoms with van der Waals surface area (Å²) >= 11 is 0. The fourth-order valence-electron chi connectivity index (χ4n) is 2.70. The van der Waals surface area contributed by atoms with E-state index in [0.717, 1.165) is 5.69 Å². The van der Waals surface area contributed by atoms with Crippen molar-refractivity contribution in [2.45, 2.75) is 44.6 Å². The van der Waals surface area contributed by atoms with Gasteiger partial charge in [0.25, 0.3) is 0 Å². The highest BCUT2D eigenvalue weighted by Crippen LogP contribution is 2.25. The van der Waals surface area contributed by atoms with E-state index in [0.29, 0.717) is 11.6 Å². The third-order valence-electron chi connectivity index (χ3n) is 3.89. The molecule has 0 radical (unpaired) electrons. The summed E-state index contributed by atoms with van der Waals surface area (Å²) < 4.78 is 0. The molecule has 1 N–H and O–H groups in total. The van der Waals surface area contributed by atoms with E-state index in [1.165, 1.54) is 38.5 Å². The van der Waals surface area contributed by atoms with Gasteiger partial charge < -0.3 is 10.0 Å². The lowest BCUT2D eigenvalue weighted by molar-refractivity contribution is 0.0697. The molecule has 3 heteroatoms. The Bertz CT molecular complexity index is 391. The van der Waals surface area contributed by atoms with Gasteiger partial charge in [-0.25, -0.2) is 4.79 Å². The van der Waals surface area contributed by atoms with Crippen LogP contribution in [-0.2, 0) is 0 Å². The van der Waals surface area contributed by atoms with E-state index in [4.69, 9.17) is 5.11 Å². The first-order chi connectivity index (χ1) is 8.68. The van der Waals surface area contributed by atoms with Crippen LogP contribution in [0.25, 0.3) is 0 Å². The minimum Gasteiger partial charge on any atom is -0.478 e. The molecule has 2 rings (SSSR count). The molecule has 1 aromatic carbocycles. The van der Waals surface area contributed by atoms with Gasteiger partial charge in [0.2, 0.25) is 0 Å². The van der Waals surface area contributed by atoms with E-state index in [-0.39, 0.29) is 0 Å². The number of nitrogens with zero attached hydrogens (tertiary/aromatic N) is 1. The second-order valence-electron chi connectivity index (χ2n) is 5.11. The summed E-state index contributed by atoms with van der Waals surface area (Å²) in [6, 6.07) is 7.79. The molecule has 0 bridgehead atoms. The number of aromatic carboxylic acids is 1. The number of rotatable bonds is 3. The van der Waals surface area contributed by atoms with Crippen molar-refractivity contribution in [3.05, 3.63) is 29.8 Å².